The van der Waals surface area contributed by atoms with E-state index >= 15 is 0 Å². The van der Waals surface area contributed by atoms with Crippen LogP contribution in [0.4, 0.5) is 5.69 Å². The van der Waals surface area contributed by atoms with Crippen molar-refractivity contribution in [2.75, 3.05) is 5.32 Å². The van der Waals surface area contributed by atoms with Gasteiger partial charge in [-0.1, -0.05) is 42.1 Å². The van der Waals surface area contributed by atoms with Gasteiger partial charge in [-0.2, -0.15) is 0 Å². The zero-order valence-electron chi connectivity index (χ0n) is 11.5. The van der Waals surface area contributed by atoms with Gasteiger partial charge in [-0.05, 0) is 51.6 Å². The summed E-state index contributed by atoms with van der Waals surface area (Å²) in [5, 5.41) is 4.89. The molecule has 0 saturated heterocycles. The quantitative estimate of drug-likeness (QED) is 0.600. The number of carbonyl (C=O) groups excluding carboxylic acids is 1. The Morgan fingerprint density at radius 1 is 1.00 bits per heavy atom. The van der Waals surface area contributed by atoms with Crippen LogP contribution < -0.4 is 5.32 Å². The van der Waals surface area contributed by atoms with Crippen LogP contribution in [0.3, 0.4) is 0 Å². The summed E-state index contributed by atoms with van der Waals surface area (Å²) >= 11 is 6.45. The highest BCUT2D eigenvalue weighted by atomic mass is 79.9. The fourth-order valence-corrected chi connectivity index (χ4v) is 4.28. The van der Waals surface area contributed by atoms with Crippen LogP contribution in [0.15, 0.2) is 80.3 Å². The molecule has 0 atom stereocenters. The van der Waals surface area contributed by atoms with Gasteiger partial charge < -0.3 is 5.32 Å². The third kappa shape index (κ3) is 3.61. The lowest BCUT2D eigenvalue weighted by Crippen LogP contribution is -2.11. The first-order valence-electron chi connectivity index (χ1n) is 6.60. The van der Waals surface area contributed by atoms with E-state index in [1.165, 1.54) is 11.3 Å². The van der Waals surface area contributed by atoms with Gasteiger partial charge in [-0.3, -0.25) is 4.79 Å². The van der Waals surface area contributed by atoms with Gasteiger partial charge in [0.05, 0.1) is 5.69 Å². The van der Waals surface area contributed by atoms with Crippen molar-refractivity contribution in [3.8, 4) is 0 Å². The van der Waals surface area contributed by atoms with Crippen molar-refractivity contribution in [3.63, 3.8) is 0 Å². The Kier molecular flexibility index (Phi) is 4.97. The van der Waals surface area contributed by atoms with Crippen molar-refractivity contribution < 1.29 is 4.79 Å². The number of hydrogen-bond acceptors (Lipinski definition) is 3. The van der Waals surface area contributed by atoms with E-state index in [-0.39, 0.29) is 5.91 Å². The molecule has 110 valence electrons. The molecule has 2 nitrogen and oxygen atoms in total. The summed E-state index contributed by atoms with van der Waals surface area (Å²) in [6.07, 6.45) is 0. The molecule has 2 aromatic carbocycles. The van der Waals surface area contributed by atoms with Gasteiger partial charge in [0, 0.05) is 14.3 Å². The zero-order valence-corrected chi connectivity index (χ0v) is 14.7. The summed E-state index contributed by atoms with van der Waals surface area (Å²) < 4.78 is 0.822. The molecule has 1 N–H and O–H groups in total. The number of halogens is 1. The predicted octanol–water partition coefficient (Wildman–Crippen LogP) is 5.91. The molecule has 22 heavy (non-hydrogen) atoms. The van der Waals surface area contributed by atoms with Gasteiger partial charge in [0.1, 0.15) is 4.88 Å². The fraction of sp³-hybridized carbons (Fsp3) is 0. The topological polar surface area (TPSA) is 29.1 Å². The Balaban J connectivity index is 1.83. The lowest BCUT2D eigenvalue weighted by Gasteiger charge is -2.10. The molecule has 0 bridgehead atoms. The van der Waals surface area contributed by atoms with Gasteiger partial charge in [0.15, 0.2) is 0 Å². The average molecular weight is 390 g/mol. The Bertz CT molecular complexity index is 786. The smallest absolute Gasteiger partial charge is 0.266 e. The lowest BCUT2D eigenvalue weighted by atomic mass is 10.3. The number of para-hydroxylation sites is 1. The van der Waals surface area contributed by atoms with Crippen molar-refractivity contribution in [3.05, 3.63) is 75.4 Å². The minimum Gasteiger partial charge on any atom is -0.320 e. The van der Waals surface area contributed by atoms with E-state index in [0.29, 0.717) is 4.88 Å². The molecule has 0 spiro atoms. The average Bonchev–Trinajstić information content (AvgIpc) is 2.96. The molecule has 0 aliphatic carbocycles. The van der Waals surface area contributed by atoms with Crippen molar-refractivity contribution >= 4 is 50.6 Å². The highest BCUT2D eigenvalue weighted by Gasteiger charge is 2.13. The number of nitrogens with one attached hydrogen (secondary N) is 1. The summed E-state index contributed by atoms with van der Waals surface area (Å²) in [5.41, 5.74) is 0.821. The molecule has 1 heterocycles. The summed E-state index contributed by atoms with van der Waals surface area (Å²) in [5.74, 6) is -0.0945. The van der Waals surface area contributed by atoms with Gasteiger partial charge in [-0.15, -0.1) is 11.3 Å². The monoisotopic (exact) mass is 389 g/mol. The second-order valence-electron chi connectivity index (χ2n) is 4.46. The van der Waals surface area contributed by atoms with Gasteiger partial charge in [0.25, 0.3) is 5.91 Å². The summed E-state index contributed by atoms with van der Waals surface area (Å²) in [6, 6.07) is 19.8. The van der Waals surface area contributed by atoms with Crippen molar-refractivity contribution in [2.45, 2.75) is 9.79 Å². The molecular formula is C17H12BrNOS2. The maximum absolute atomic E-state index is 12.4. The van der Waals surface area contributed by atoms with Crippen LogP contribution in [0.2, 0.25) is 0 Å². The predicted molar refractivity (Wildman–Crippen MR) is 97.0 cm³/mol. The highest BCUT2D eigenvalue weighted by molar-refractivity contribution is 9.10. The number of hydrogen-bond donors (Lipinski definition) is 1. The number of anilines is 1. The normalized spacial score (nSPS) is 10.4. The maximum Gasteiger partial charge on any atom is 0.266 e. The standard InChI is InChI=1S/C17H12BrNOS2/c18-13-10-11-21-16(13)17(20)19-14-8-4-5-9-15(14)22-12-6-2-1-3-7-12/h1-11H,(H,19,20). The molecule has 5 heteroatoms. The van der Waals surface area contributed by atoms with E-state index in [2.05, 4.69) is 33.4 Å². The molecule has 1 aromatic heterocycles. The third-order valence-corrected chi connectivity index (χ3v) is 5.85. The molecule has 3 aromatic rings. The zero-order chi connectivity index (χ0) is 15.4. The number of carbonyl (C=O) groups is 1. The van der Waals surface area contributed by atoms with Gasteiger partial charge in [0.2, 0.25) is 0 Å². The molecule has 1 amide bonds. The van der Waals surface area contributed by atoms with Crippen molar-refractivity contribution in [1.29, 1.82) is 0 Å². The van der Waals surface area contributed by atoms with E-state index in [9.17, 15) is 4.79 Å². The largest absolute Gasteiger partial charge is 0.320 e. The molecule has 3 rings (SSSR count). The van der Waals surface area contributed by atoms with Crippen LogP contribution in [0.5, 0.6) is 0 Å². The van der Waals surface area contributed by atoms with E-state index in [1.807, 2.05) is 53.9 Å². The molecule has 0 saturated carbocycles. The van der Waals surface area contributed by atoms with E-state index in [4.69, 9.17) is 0 Å². The summed E-state index contributed by atoms with van der Waals surface area (Å²) in [6.45, 7) is 0. The van der Waals surface area contributed by atoms with Gasteiger partial charge >= 0.3 is 0 Å². The summed E-state index contributed by atoms with van der Waals surface area (Å²) in [7, 11) is 0. The van der Waals surface area contributed by atoms with Crippen LogP contribution in [0, 0.1) is 0 Å². The minimum atomic E-state index is -0.0945. The SMILES string of the molecule is O=C(Nc1ccccc1Sc1ccccc1)c1sccc1Br. The van der Waals surface area contributed by atoms with Crippen LogP contribution in [-0.2, 0) is 0 Å². The second kappa shape index (κ2) is 7.13. The van der Waals surface area contributed by atoms with E-state index in [0.717, 1.165) is 20.0 Å². The molecule has 0 radical (unpaired) electrons. The van der Waals surface area contributed by atoms with Crippen LogP contribution >= 0.6 is 39.0 Å². The molecule has 0 aliphatic rings. The molecule has 0 fully saturated rings. The maximum atomic E-state index is 12.4. The summed E-state index contributed by atoms with van der Waals surface area (Å²) in [4.78, 5) is 15.2. The fourth-order valence-electron chi connectivity index (χ4n) is 1.91. The molecule has 0 aliphatic heterocycles. The van der Waals surface area contributed by atoms with Crippen molar-refractivity contribution in [2.24, 2.45) is 0 Å². The highest BCUT2D eigenvalue weighted by Crippen LogP contribution is 2.34. The Morgan fingerprint density at radius 2 is 1.73 bits per heavy atom. The van der Waals surface area contributed by atoms with Gasteiger partial charge in [-0.25, -0.2) is 0 Å². The second-order valence-corrected chi connectivity index (χ2v) is 7.35. The lowest BCUT2D eigenvalue weighted by molar-refractivity contribution is 0.102. The third-order valence-electron chi connectivity index (χ3n) is 2.93. The number of rotatable bonds is 4. The minimum absolute atomic E-state index is 0.0945. The Labute approximate surface area is 145 Å². The van der Waals surface area contributed by atoms with E-state index in [1.54, 1.807) is 11.8 Å². The molecule has 0 unspecified atom stereocenters. The Hall–Kier alpha value is -1.56. The number of amides is 1. The Morgan fingerprint density at radius 3 is 2.45 bits per heavy atom. The van der Waals surface area contributed by atoms with E-state index < -0.39 is 0 Å². The first-order valence-corrected chi connectivity index (χ1v) is 9.09. The molecular weight excluding hydrogens is 378 g/mol. The number of thiophene rings is 1. The van der Waals surface area contributed by atoms with Crippen molar-refractivity contribution in [1.82, 2.24) is 0 Å². The first-order chi connectivity index (χ1) is 10.7. The first kappa shape index (κ1) is 15.3. The van der Waals surface area contributed by atoms with Crippen LogP contribution in [-0.4, -0.2) is 5.91 Å². The van der Waals surface area contributed by atoms with Crippen LogP contribution in [0.1, 0.15) is 9.67 Å². The van der Waals surface area contributed by atoms with Crippen LogP contribution in [0.25, 0.3) is 0 Å². The number of benzene rings is 2.